The number of anilines is 1. The Morgan fingerprint density at radius 1 is 0.931 bits per heavy atom. The highest BCUT2D eigenvalue weighted by Gasteiger charge is 2.23. The Bertz CT molecular complexity index is 1100. The van der Waals surface area contributed by atoms with Crippen molar-refractivity contribution in [2.75, 3.05) is 18.9 Å². The van der Waals surface area contributed by atoms with E-state index >= 15 is 0 Å². The molecule has 0 aliphatic heterocycles. The first kappa shape index (κ1) is 20.8. The van der Waals surface area contributed by atoms with Crippen molar-refractivity contribution in [3.63, 3.8) is 0 Å². The number of methoxy groups -OCH3 is 2. The molecule has 154 valence electrons. The van der Waals surface area contributed by atoms with E-state index in [1.807, 2.05) is 32.9 Å². The average molecular weight is 416 g/mol. The van der Waals surface area contributed by atoms with Crippen LogP contribution in [0.25, 0.3) is 0 Å². The second-order valence-corrected chi connectivity index (χ2v) is 8.57. The fraction of sp³-hybridized carbons (Fsp3) is 0.273. The van der Waals surface area contributed by atoms with Gasteiger partial charge in [0.15, 0.2) is 11.5 Å². The van der Waals surface area contributed by atoms with Gasteiger partial charge in [0.25, 0.3) is 10.0 Å². The van der Waals surface area contributed by atoms with Gasteiger partial charge < -0.3 is 13.9 Å². The molecule has 1 N–H and O–H groups in total. The number of furan rings is 1. The van der Waals surface area contributed by atoms with Gasteiger partial charge >= 0.3 is 0 Å². The molecule has 7 heteroatoms. The lowest BCUT2D eigenvalue weighted by atomic mass is 9.96. The first-order valence-corrected chi connectivity index (χ1v) is 10.6. The molecule has 3 rings (SSSR count). The molecule has 29 heavy (non-hydrogen) atoms. The van der Waals surface area contributed by atoms with Crippen LogP contribution in [0.4, 0.5) is 5.69 Å². The molecule has 1 heterocycles. The third-order valence-electron chi connectivity index (χ3n) is 4.79. The van der Waals surface area contributed by atoms with Crippen molar-refractivity contribution >= 4 is 15.7 Å². The molecule has 0 radical (unpaired) electrons. The average Bonchev–Trinajstić information content (AvgIpc) is 3.13. The second-order valence-electron chi connectivity index (χ2n) is 6.88. The van der Waals surface area contributed by atoms with Crippen molar-refractivity contribution in [1.29, 1.82) is 0 Å². The Kier molecular flexibility index (Phi) is 5.88. The highest BCUT2D eigenvalue weighted by Crippen LogP contribution is 2.40. The van der Waals surface area contributed by atoms with E-state index in [-0.39, 0.29) is 10.8 Å². The van der Waals surface area contributed by atoms with Crippen molar-refractivity contribution in [2.24, 2.45) is 0 Å². The fourth-order valence-corrected chi connectivity index (χ4v) is 4.18. The molecule has 6 nitrogen and oxygen atoms in total. The van der Waals surface area contributed by atoms with Crippen LogP contribution in [-0.2, 0) is 10.0 Å². The maximum atomic E-state index is 13.0. The summed E-state index contributed by atoms with van der Waals surface area (Å²) in [7, 11) is -0.734. The summed E-state index contributed by atoms with van der Waals surface area (Å²) < 4.78 is 45.2. The molecular formula is C22H25NO5S. The number of hydrogen-bond acceptors (Lipinski definition) is 5. The van der Waals surface area contributed by atoms with Gasteiger partial charge in [-0.15, -0.1) is 0 Å². The highest BCUT2D eigenvalue weighted by molar-refractivity contribution is 7.92. The number of benzene rings is 2. The minimum absolute atomic E-state index is 0.185. The molecule has 0 saturated heterocycles. The molecule has 0 saturated carbocycles. The van der Waals surface area contributed by atoms with Crippen LogP contribution in [0.15, 0.2) is 57.8 Å². The molecule has 0 aliphatic rings. The lowest BCUT2D eigenvalue weighted by Crippen LogP contribution is -2.15. The molecule has 0 spiro atoms. The quantitative estimate of drug-likeness (QED) is 0.596. The minimum atomic E-state index is -3.78. The van der Waals surface area contributed by atoms with Crippen LogP contribution in [0.2, 0.25) is 0 Å². The predicted octanol–water partition coefficient (Wildman–Crippen LogP) is 4.87. The van der Waals surface area contributed by atoms with Crippen LogP contribution in [-0.4, -0.2) is 22.6 Å². The Balaban J connectivity index is 2.09. The second kappa shape index (κ2) is 8.21. The van der Waals surface area contributed by atoms with Gasteiger partial charge in [0.05, 0.1) is 24.8 Å². The Morgan fingerprint density at radius 3 is 2.10 bits per heavy atom. The molecule has 1 aromatic heterocycles. The summed E-state index contributed by atoms with van der Waals surface area (Å²) in [6, 6.07) is 13.9. The van der Waals surface area contributed by atoms with Gasteiger partial charge in [0.1, 0.15) is 11.5 Å². The van der Waals surface area contributed by atoms with Crippen LogP contribution in [0.5, 0.6) is 11.5 Å². The summed E-state index contributed by atoms with van der Waals surface area (Å²) >= 11 is 0. The topological polar surface area (TPSA) is 77.8 Å². The number of sulfonamides is 1. The predicted molar refractivity (Wildman–Crippen MR) is 112 cm³/mol. The highest BCUT2D eigenvalue weighted by atomic mass is 32.2. The third kappa shape index (κ3) is 4.40. The van der Waals surface area contributed by atoms with Gasteiger partial charge in [-0.3, -0.25) is 4.72 Å². The maximum Gasteiger partial charge on any atom is 0.261 e. The molecule has 1 atom stereocenters. The molecule has 0 fully saturated rings. The molecule has 0 amide bonds. The number of rotatable bonds is 7. The zero-order valence-electron chi connectivity index (χ0n) is 17.1. The first-order chi connectivity index (χ1) is 13.7. The summed E-state index contributed by atoms with van der Waals surface area (Å²) in [5.74, 6) is 2.25. The summed E-state index contributed by atoms with van der Waals surface area (Å²) in [4.78, 5) is 0.185. The van der Waals surface area contributed by atoms with Crippen LogP contribution in [0.1, 0.15) is 35.5 Å². The Morgan fingerprint density at radius 2 is 1.55 bits per heavy atom. The Labute approximate surface area is 171 Å². The van der Waals surface area contributed by atoms with E-state index in [4.69, 9.17) is 13.9 Å². The molecule has 2 aromatic carbocycles. The number of hydrogen-bond donors (Lipinski definition) is 1. The molecule has 3 aromatic rings. The van der Waals surface area contributed by atoms with E-state index in [9.17, 15) is 8.42 Å². The molecule has 0 unspecified atom stereocenters. The van der Waals surface area contributed by atoms with Gasteiger partial charge in [-0.05, 0) is 49.7 Å². The number of nitrogens with one attached hydrogen (secondary N) is 1. The normalized spacial score (nSPS) is 12.4. The van der Waals surface area contributed by atoms with Gasteiger partial charge in [0, 0.05) is 12.0 Å². The van der Waals surface area contributed by atoms with Crippen molar-refractivity contribution < 1.29 is 22.3 Å². The Hall–Kier alpha value is -2.93. The van der Waals surface area contributed by atoms with Crippen molar-refractivity contribution in [3.05, 3.63) is 71.2 Å². The van der Waals surface area contributed by atoms with Crippen LogP contribution >= 0.6 is 0 Å². The first-order valence-electron chi connectivity index (χ1n) is 9.17. The molecule has 0 bridgehead atoms. The van der Waals surface area contributed by atoms with Gasteiger partial charge in [-0.25, -0.2) is 8.42 Å². The number of ether oxygens (including phenoxy) is 2. The van der Waals surface area contributed by atoms with Crippen molar-refractivity contribution in [3.8, 4) is 11.5 Å². The van der Waals surface area contributed by atoms with Gasteiger partial charge in [0.2, 0.25) is 0 Å². The number of aryl methyl sites for hydroxylation is 2. The minimum Gasteiger partial charge on any atom is -0.493 e. The monoisotopic (exact) mass is 415 g/mol. The zero-order valence-corrected chi connectivity index (χ0v) is 18.0. The summed E-state index contributed by atoms with van der Waals surface area (Å²) in [6.07, 6.45) is 0. The van der Waals surface area contributed by atoms with E-state index in [0.29, 0.717) is 22.7 Å². The van der Waals surface area contributed by atoms with E-state index in [0.717, 1.165) is 17.1 Å². The van der Waals surface area contributed by atoms with E-state index in [2.05, 4.69) is 4.72 Å². The van der Waals surface area contributed by atoms with E-state index in [1.165, 1.54) is 7.11 Å². The standard InChI is InChI=1S/C22H25NO5S/c1-14-6-9-17(10-7-14)29(24,25)23-19-13-22(27-5)21(26-4)12-18(19)16(3)20-11-8-15(2)28-20/h6-13,16,23H,1-5H3/t16-/m0/s1. The maximum absolute atomic E-state index is 13.0. The summed E-state index contributed by atoms with van der Waals surface area (Å²) in [5.41, 5.74) is 2.11. The van der Waals surface area contributed by atoms with Crippen LogP contribution in [0, 0.1) is 13.8 Å². The van der Waals surface area contributed by atoms with Gasteiger partial charge in [-0.2, -0.15) is 0 Å². The summed E-state index contributed by atoms with van der Waals surface area (Å²) in [6.45, 7) is 5.72. The van der Waals surface area contributed by atoms with Crippen molar-refractivity contribution in [2.45, 2.75) is 31.6 Å². The van der Waals surface area contributed by atoms with Crippen molar-refractivity contribution in [1.82, 2.24) is 0 Å². The summed E-state index contributed by atoms with van der Waals surface area (Å²) in [5, 5.41) is 0. The van der Waals surface area contributed by atoms with E-state index < -0.39 is 10.0 Å². The zero-order chi connectivity index (χ0) is 21.2. The van der Waals surface area contributed by atoms with Crippen LogP contribution < -0.4 is 14.2 Å². The third-order valence-corrected chi connectivity index (χ3v) is 6.17. The smallest absolute Gasteiger partial charge is 0.261 e. The lowest BCUT2D eigenvalue weighted by Gasteiger charge is -2.19. The van der Waals surface area contributed by atoms with Crippen LogP contribution in [0.3, 0.4) is 0 Å². The molecular weight excluding hydrogens is 390 g/mol. The molecule has 0 aliphatic carbocycles. The lowest BCUT2D eigenvalue weighted by molar-refractivity contribution is 0.354. The fourth-order valence-electron chi connectivity index (χ4n) is 3.10. The SMILES string of the molecule is COc1cc(NS(=O)(=O)c2ccc(C)cc2)c([C@H](C)c2ccc(C)o2)cc1OC. The van der Waals surface area contributed by atoms with Gasteiger partial charge in [-0.1, -0.05) is 24.6 Å². The van der Waals surface area contributed by atoms with E-state index in [1.54, 1.807) is 43.5 Å². The largest absolute Gasteiger partial charge is 0.493 e.